The minimum atomic E-state index is -0.125. The highest BCUT2D eigenvalue weighted by Gasteiger charge is 2.27. The fourth-order valence-electron chi connectivity index (χ4n) is 4.07. The second-order valence-electron chi connectivity index (χ2n) is 7.87. The fraction of sp³-hybridized carbons (Fsp3) is 0.600. The van der Waals surface area contributed by atoms with E-state index in [1.807, 2.05) is 24.8 Å². The maximum Gasteiger partial charge on any atom is 0.317 e. The molecule has 0 unspecified atom stereocenters. The van der Waals surface area contributed by atoms with Crippen LogP contribution in [-0.4, -0.2) is 62.8 Å². The Morgan fingerprint density at radius 3 is 2.48 bits per heavy atom. The molecule has 9 heteroatoms. The molecule has 2 aliphatic heterocycles. The van der Waals surface area contributed by atoms with Gasteiger partial charge in [0.25, 0.3) is 5.56 Å². The fourth-order valence-corrected chi connectivity index (χ4v) is 4.07. The van der Waals surface area contributed by atoms with E-state index in [9.17, 15) is 9.59 Å². The Morgan fingerprint density at radius 1 is 1.10 bits per heavy atom. The first-order valence-corrected chi connectivity index (χ1v) is 10.3. The van der Waals surface area contributed by atoms with Crippen molar-refractivity contribution in [2.45, 2.75) is 51.6 Å². The van der Waals surface area contributed by atoms with Crippen molar-refractivity contribution in [3.63, 3.8) is 0 Å². The zero-order chi connectivity index (χ0) is 20.4. The summed E-state index contributed by atoms with van der Waals surface area (Å²) in [5.41, 5.74) is 1.76. The summed E-state index contributed by atoms with van der Waals surface area (Å²) in [6.07, 6.45) is 3.13. The van der Waals surface area contributed by atoms with Gasteiger partial charge in [-0.3, -0.25) is 4.79 Å². The normalized spacial score (nSPS) is 18.8. The number of hydrogen-bond donors (Lipinski definition) is 1. The van der Waals surface area contributed by atoms with E-state index >= 15 is 0 Å². The highest BCUT2D eigenvalue weighted by Crippen LogP contribution is 2.21. The number of likely N-dealkylation sites (tertiary alicyclic amines) is 1. The van der Waals surface area contributed by atoms with Gasteiger partial charge in [0.2, 0.25) is 0 Å². The van der Waals surface area contributed by atoms with Gasteiger partial charge in [0.15, 0.2) is 5.82 Å². The number of carbonyl (C=O) groups is 1. The van der Waals surface area contributed by atoms with Gasteiger partial charge in [-0.1, -0.05) is 0 Å². The van der Waals surface area contributed by atoms with Crippen molar-refractivity contribution >= 4 is 6.03 Å². The summed E-state index contributed by atoms with van der Waals surface area (Å²) in [4.78, 5) is 26.8. The molecule has 156 valence electrons. The smallest absolute Gasteiger partial charge is 0.317 e. The number of aryl methyl sites for hydroxylation is 2. The first-order chi connectivity index (χ1) is 14.0. The van der Waals surface area contributed by atoms with Gasteiger partial charge in [0.05, 0.1) is 11.7 Å². The highest BCUT2D eigenvalue weighted by molar-refractivity contribution is 5.74. The highest BCUT2D eigenvalue weighted by atomic mass is 16.5. The molecule has 2 aliphatic rings. The van der Waals surface area contributed by atoms with Crippen LogP contribution in [0.2, 0.25) is 0 Å². The van der Waals surface area contributed by atoms with Crippen LogP contribution in [-0.2, 0) is 4.74 Å². The molecule has 0 saturated carbocycles. The maximum absolute atomic E-state index is 12.5. The molecule has 29 heavy (non-hydrogen) atoms. The average Bonchev–Trinajstić information content (AvgIpc) is 3.07. The van der Waals surface area contributed by atoms with Crippen molar-refractivity contribution < 1.29 is 9.53 Å². The van der Waals surface area contributed by atoms with Crippen molar-refractivity contribution in [2.75, 3.05) is 26.3 Å². The van der Waals surface area contributed by atoms with E-state index in [0.717, 1.165) is 24.2 Å². The van der Waals surface area contributed by atoms with E-state index in [2.05, 4.69) is 15.5 Å². The Kier molecular flexibility index (Phi) is 5.66. The zero-order valence-electron chi connectivity index (χ0n) is 17.0. The van der Waals surface area contributed by atoms with Crippen molar-refractivity contribution in [3.8, 4) is 5.82 Å². The molecule has 4 heterocycles. The lowest BCUT2D eigenvalue weighted by atomic mass is 10.1. The van der Waals surface area contributed by atoms with Gasteiger partial charge in [0, 0.05) is 44.1 Å². The van der Waals surface area contributed by atoms with Crippen LogP contribution in [0.25, 0.3) is 5.82 Å². The SMILES string of the molecule is Cc1cc(C)n(-c2ccc(=O)n(C3CCN(C(=O)NC4CCOCC4)CC3)n2)n1. The second kappa shape index (κ2) is 8.36. The number of carbonyl (C=O) groups excluding carboxylic acids is 1. The molecule has 1 N–H and O–H groups in total. The van der Waals surface area contributed by atoms with Crippen LogP contribution in [0.4, 0.5) is 4.79 Å². The van der Waals surface area contributed by atoms with E-state index < -0.39 is 0 Å². The quantitative estimate of drug-likeness (QED) is 0.844. The van der Waals surface area contributed by atoms with Crippen LogP contribution in [0.3, 0.4) is 0 Å². The molecule has 0 radical (unpaired) electrons. The second-order valence-corrected chi connectivity index (χ2v) is 7.87. The van der Waals surface area contributed by atoms with E-state index in [0.29, 0.717) is 45.0 Å². The van der Waals surface area contributed by atoms with Crippen LogP contribution < -0.4 is 10.9 Å². The summed E-state index contributed by atoms with van der Waals surface area (Å²) in [7, 11) is 0. The number of aromatic nitrogens is 4. The first kappa shape index (κ1) is 19.6. The molecule has 2 aromatic heterocycles. The summed E-state index contributed by atoms with van der Waals surface area (Å²) in [5, 5.41) is 12.1. The van der Waals surface area contributed by atoms with E-state index in [1.54, 1.807) is 21.5 Å². The maximum atomic E-state index is 12.5. The number of urea groups is 1. The predicted octanol–water partition coefficient (Wildman–Crippen LogP) is 1.57. The molecule has 9 nitrogen and oxygen atoms in total. The average molecular weight is 400 g/mol. The molecule has 0 aromatic carbocycles. The number of ether oxygens (including phenoxy) is 1. The van der Waals surface area contributed by atoms with Crippen LogP contribution in [0.15, 0.2) is 23.0 Å². The van der Waals surface area contributed by atoms with Gasteiger partial charge in [-0.2, -0.15) is 5.10 Å². The predicted molar refractivity (Wildman–Crippen MR) is 107 cm³/mol. The Balaban J connectivity index is 1.41. The number of rotatable bonds is 3. The molecular weight excluding hydrogens is 372 g/mol. The Labute approximate surface area is 169 Å². The minimum absolute atomic E-state index is 0.0213. The third-order valence-corrected chi connectivity index (χ3v) is 5.68. The summed E-state index contributed by atoms with van der Waals surface area (Å²) >= 11 is 0. The molecule has 2 fully saturated rings. The summed E-state index contributed by atoms with van der Waals surface area (Å²) in [6, 6.07) is 5.37. The van der Waals surface area contributed by atoms with Gasteiger partial charge in [-0.05, 0) is 51.7 Å². The molecule has 4 rings (SSSR count). The molecule has 2 aromatic rings. The third-order valence-electron chi connectivity index (χ3n) is 5.68. The Bertz CT molecular complexity index is 923. The number of amides is 2. The standard InChI is InChI=1S/C20H28N6O3/c1-14-13-15(2)25(22-14)18-3-4-19(27)26(23-18)17-5-9-24(10-6-17)20(28)21-16-7-11-29-12-8-16/h3-4,13,16-17H,5-12H2,1-2H3,(H,21,28). The lowest BCUT2D eigenvalue weighted by Gasteiger charge is -2.34. The molecule has 0 atom stereocenters. The lowest BCUT2D eigenvalue weighted by molar-refractivity contribution is 0.0771. The van der Waals surface area contributed by atoms with Crippen LogP contribution >= 0.6 is 0 Å². The van der Waals surface area contributed by atoms with Gasteiger partial charge in [-0.15, -0.1) is 5.10 Å². The monoisotopic (exact) mass is 400 g/mol. The van der Waals surface area contributed by atoms with Crippen LogP contribution in [0.5, 0.6) is 0 Å². The summed E-state index contributed by atoms with van der Waals surface area (Å²) < 4.78 is 8.65. The number of hydrogen-bond acceptors (Lipinski definition) is 5. The topological polar surface area (TPSA) is 94.3 Å². The van der Waals surface area contributed by atoms with Crippen molar-refractivity contribution in [1.29, 1.82) is 0 Å². The minimum Gasteiger partial charge on any atom is -0.381 e. The number of piperidine rings is 1. The third kappa shape index (κ3) is 4.34. The van der Waals surface area contributed by atoms with Gasteiger partial charge in [0.1, 0.15) is 0 Å². The Hall–Kier alpha value is -2.68. The van der Waals surface area contributed by atoms with E-state index in [1.165, 1.54) is 0 Å². The zero-order valence-corrected chi connectivity index (χ0v) is 17.0. The largest absolute Gasteiger partial charge is 0.381 e. The van der Waals surface area contributed by atoms with Crippen molar-refractivity contribution in [3.05, 3.63) is 39.9 Å². The van der Waals surface area contributed by atoms with E-state index in [4.69, 9.17) is 4.74 Å². The summed E-state index contributed by atoms with van der Waals surface area (Å²) in [5.74, 6) is 0.634. The lowest BCUT2D eigenvalue weighted by Crippen LogP contribution is -2.49. The number of nitrogens with zero attached hydrogens (tertiary/aromatic N) is 5. The van der Waals surface area contributed by atoms with Gasteiger partial charge >= 0.3 is 6.03 Å². The molecule has 2 saturated heterocycles. The van der Waals surface area contributed by atoms with Crippen molar-refractivity contribution in [1.82, 2.24) is 29.8 Å². The summed E-state index contributed by atoms with van der Waals surface area (Å²) in [6.45, 7) is 6.52. The number of nitrogens with one attached hydrogen (secondary N) is 1. The molecule has 0 bridgehead atoms. The molecule has 0 spiro atoms. The van der Waals surface area contributed by atoms with Gasteiger partial charge in [-0.25, -0.2) is 14.2 Å². The van der Waals surface area contributed by atoms with Crippen LogP contribution in [0, 0.1) is 13.8 Å². The molecule has 0 aliphatic carbocycles. The molecular formula is C20H28N6O3. The van der Waals surface area contributed by atoms with Gasteiger partial charge < -0.3 is 15.0 Å². The van der Waals surface area contributed by atoms with Crippen LogP contribution in [0.1, 0.15) is 43.1 Å². The van der Waals surface area contributed by atoms with Crippen molar-refractivity contribution in [2.24, 2.45) is 0 Å². The first-order valence-electron chi connectivity index (χ1n) is 10.3. The van der Waals surface area contributed by atoms with E-state index in [-0.39, 0.29) is 23.7 Å². The Morgan fingerprint density at radius 2 is 1.83 bits per heavy atom. The molecule has 2 amide bonds.